The summed E-state index contributed by atoms with van der Waals surface area (Å²) in [6.07, 6.45) is 3.19. The lowest BCUT2D eigenvalue weighted by atomic mass is 9.80. The summed E-state index contributed by atoms with van der Waals surface area (Å²) in [6, 6.07) is 6.07. The van der Waals surface area contributed by atoms with Gasteiger partial charge >= 0.3 is 6.03 Å². The number of nitrogens with one attached hydrogen (secondary N) is 1. The standard InChI is InChI=1S/C20H25FN4O2/c1-13(2)17-23-18(24-27-17)20-9-3-4-15(20)11-25(12-20)19(26)22-10-14-5-7-16(21)8-6-14/h5-8,13,15H,3-4,9-12H2,1-2H3,(H,22,26)/t15-,20-/m1/s1. The number of rotatable bonds is 4. The van der Waals surface area contributed by atoms with Crippen LogP contribution in [0.4, 0.5) is 9.18 Å². The van der Waals surface area contributed by atoms with Gasteiger partial charge in [-0.05, 0) is 36.5 Å². The molecule has 0 radical (unpaired) electrons. The number of likely N-dealkylation sites (tertiary alicyclic amines) is 1. The Morgan fingerprint density at radius 1 is 1.41 bits per heavy atom. The summed E-state index contributed by atoms with van der Waals surface area (Å²) in [6.45, 7) is 5.77. The first-order valence-electron chi connectivity index (χ1n) is 9.59. The van der Waals surface area contributed by atoms with Crippen LogP contribution in [0.2, 0.25) is 0 Å². The van der Waals surface area contributed by atoms with E-state index in [2.05, 4.69) is 15.5 Å². The van der Waals surface area contributed by atoms with E-state index in [1.165, 1.54) is 12.1 Å². The van der Waals surface area contributed by atoms with Crippen molar-refractivity contribution in [1.82, 2.24) is 20.4 Å². The van der Waals surface area contributed by atoms with Crippen LogP contribution >= 0.6 is 0 Å². The molecule has 1 N–H and O–H groups in total. The first-order valence-corrected chi connectivity index (χ1v) is 9.59. The minimum Gasteiger partial charge on any atom is -0.339 e. The number of hydrogen-bond donors (Lipinski definition) is 1. The summed E-state index contributed by atoms with van der Waals surface area (Å²) in [5, 5.41) is 7.21. The molecule has 1 aromatic carbocycles. The molecule has 2 heterocycles. The van der Waals surface area contributed by atoms with Crippen molar-refractivity contribution in [3.63, 3.8) is 0 Å². The second kappa shape index (κ2) is 6.94. The fourth-order valence-electron chi connectivity index (χ4n) is 4.37. The SMILES string of the molecule is CC(C)c1nc([C@@]23CCC[C@@H]2CN(C(=O)NCc2ccc(F)cc2)C3)no1. The van der Waals surface area contributed by atoms with Crippen molar-refractivity contribution in [3.05, 3.63) is 47.4 Å². The predicted molar refractivity (Wildman–Crippen MR) is 97.6 cm³/mol. The van der Waals surface area contributed by atoms with Crippen molar-refractivity contribution in [2.24, 2.45) is 5.92 Å². The third kappa shape index (κ3) is 3.31. The Hall–Kier alpha value is -2.44. The number of fused-ring (bicyclic) bond motifs is 1. The van der Waals surface area contributed by atoms with Gasteiger partial charge in [-0.2, -0.15) is 4.98 Å². The quantitative estimate of drug-likeness (QED) is 0.890. The molecule has 2 amide bonds. The van der Waals surface area contributed by atoms with Crippen molar-refractivity contribution in [1.29, 1.82) is 0 Å². The van der Waals surface area contributed by atoms with Gasteiger partial charge in [0.15, 0.2) is 5.82 Å². The summed E-state index contributed by atoms with van der Waals surface area (Å²) in [5.41, 5.74) is 0.683. The largest absolute Gasteiger partial charge is 0.339 e. The van der Waals surface area contributed by atoms with Crippen LogP contribution in [0.1, 0.15) is 56.3 Å². The zero-order chi connectivity index (χ0) is 19.0. The van der Waals surface area contributed by atoms with Gasteiger partial charge in [0.2, 0.25) is 5.89 Å². The fraction of sp³-hybridized carbons (Fsp3) is 0.550. The molecule has 1 aromatic heterocycles. The monoisotopic (exact) mass is 372 g/mol. The molecule has 6 nitrogen and oxygen atoms in total. The van der Waals surface area contributed by atoms with Crippen LogP contribution in [0.5, 0.6) is 0 Å². The highest BCUT2D eigenvalue weighted by Gasteiger charge is 2.54. The topological polar surface area (TPSA) is 71.3 Å². The molecule has 1 aliphatic carbocycles. The Balaban J connectivity index is 1.45. The van der Waals surface area contributed by atoms with E-state index in [0.717, 1.165) is 30.7 Å². The van der Waals surface area contributed by atoms with E-state index >= 15 is 0 Å². The average Bonchev–Trinajstić information content (AvgIpc) is 3.34. The van der Waals surface area contributed by atoms with Crippen LogP contribution in [0.25, 0.3) is 0 Å². The van der Waals surface area contributed by atoms with E-state index in [1.54, 1.807) is 12.1 Å². The smallest absolute Gasteiger partial charge is 0.317 e. The second-order valence-corrected chi connectivity index (χ2v) is 8.02. The number of amides is 2. The first kappa shape index (κ1) is 17.9. The molecular weight excluding hydrogens is 347 g/mol. The minimum atomic E-state index is -0.278. The van der Waals surface area contributed by atoms with E-state index in [4.69, 9.17) is 4.52 Å². The molecule has 1 saturated carbocycles. The Bertz CT molecular complexity index is 820. The molecule has 2 fully saturated rings. The van der Waals surface area contributed by atoms with Gasteiger partial charge in [-0.15, -0.1) is 0 Å². The zero-order valence-corrected chi connectivity index (χ0v) is 15.7. The van der Waals surface area contributed by atoms with Crippen molar-refractivity contribution in [2.45, 2.75) is 51.0 Å². The van der Waals surface area contributed by atoms with Crippen LogP contribution in [-0.2, 0) is 12.0 Å². The summed E-state index contributed by atoms with van der Waals surface area (Å²) in [4.78, 5) is 19.2. The van der Waals surface area contributed by atoms with Gasteiger partial charge in [-0.1, -0.05) is 37.6 Å². The summed E-state index contributed by atoms with van der Waals surface area (Å²) < 4.78 is 18.4. The lowest BCUT2D eigenvalue weighted by Crippen LogP contribution is -2.40. The van der Waals surface area contributed by atoms with Crippen molar-refractivity contribution < 1.29 is 13.7 Å². The number of carbonyl (C=O) groups is 1. The maximum absolute atomic E-state index is 13.0. The fourth-order valence-corrected chi connectivity index (χ4v) is 4.37. The van der Waals surface area contributed by atoms with E-state index < -0.39 is 0 Å². The Labute approximate surface area is 158 Å². The third-order valence-electron chi connectivity index (χ3n) is 5.90. The highest BCUT2D eigenvalue weighted by Crippen LogP contribution is 2.49. The van der Waals surface area contributed by atoms with Crippen LogP contribution in [0.3, 0.4) is 0 Å². The molecule has 144 valence electrons. The van der Waals surface area contributed by atoms with Gasteiger partial charge in [-0.25, -0.2) is 9.18 Å². The highest BCUT2D eigenvalue weighted by atomic mass is 19.1. The number of nitrogens with zero attached hydrogens (tertiary/aromatic N) is 3. The molecule has 27 heavy (non-hydrogen) atoms. The predicted octanol–water partition coefficient (Wildman–Crippen LogP) is 3.60. The molecule has 2 aromatic rings. The molecule has 0 bridgehead atoms. The van der Waals surface area contributed by atoms with Crippen LogP contribution in [0, 0.1) is 11.7 Å². The molecular formula is C20H25FN4O2. The Morgan fingerprint density at radius 3 is 2.89 bits per heavy atom. The van der Waals surface area contributed by atoms with Crippen molar-refractivity contribution >= 4 is 6.03 Å². The Morgan fingerprint density at radius 2 is 2.19 bits per heavy atom. The van der Waals surface area contributed by atoms with Gasteiger partial charge in [0.05, 0.1) is 5.41 Å². The molecule has 2 atom stereocenters. The van der Waals surface area contributed by atoms with E-state index in [-0.39, 0.29) is 23.2 Å². The highest BCUT2D eigenvalue weighted by molar-refractivity contribution is 5.75. The van der Waals surface area contributed by atoms with Gasteiger partial charge in [0, 0.05) is 25.6 Å². The number of halogens is 1. The lowest BCUT2D eigenvalue weighted by Gasteiger charge is -2.24. The van der Waals surface area contributed by atoms with Gasteiger partial charge in [0.25, 0.3) is 0 Å². The normalized spacial score (nSPS) is 24.4. The van der Waals surface area contributed by atoms with E-state index in [1.807, 2.05) is 18.7 Å². The zero-order valence-electron chi connectivity index (χ0n) is 15.7. The number of hydrogen-bond acceptors (Lipinski definition) is 4. The van der Waals surface area contributed by atoms with E-state index in [0.29, 0.717) is 31.4 Å². The first-order chi connectivity index (χ1) is 13.0. The molecule has 0 spiro atoms. The maximum atomic E-state index is 13.0. The van der Waals surface area contributed by atoms with Gasteiger partial charge in [0.1, 0.15) is 5.82 Å². The third-order valence-corrected chi connectivity index (χ3v) is 5.90. The Kier molecular flexibility index (Phi) is 4.61. The van der Waals surface area contributed by atoms with E-state index in [9.17, 15) is 9.18 Å². The number of benzene rings is 1. The van der Waals surface area contributed by atoms with Crippen LogP contribution in [0.15, 0.2) is 28.8 Å². The van der Waals surface area contributed by atoms with Crippen molar-refractivity contribution in [3.8, 4) is 0 Å². The average molecular weight is 372 g/mol. The number of urea groups is 1. The molecule has 1 aliphatic heterocycles. The number of aromatic nitrogens is 2. The number of carbonyl (C=O) groups excluding carboxylic acids is 1. The summed E-state index contributed by atoms with van der Waals surface area (Å²) in [5.74, 6) is 1.69. The molecule has 7 heteroatoms. The second-order valence-electron chi connectivity index (χ2n) is 8.02. The molecule has 2 aliphatic rings. The van der Waals surface area contributed by atoms with Crippen LogP contribution in [-0.4, -0.2) is 34.2 Å². The summed E-state index contributed by atoms with van der Waals surface area (Å²) in [7, 11) is 0. The van der Waals surface area contributed by atoms with Gasteiger partial charge < -0.3 is 14.7 Å². The van der Waals surface area contributed by atoms with Crippen molar-refractivity contribution in [2.75, 3.05) is 13.1 Å². The van der Waals surface area contributed by atoms with Crippen LogP contribution < -0.4 is 5.32 Å². The molecule has 1 saturated heterocycles. The van der Waals surface area contributed by atoms with Gasteiger partial charge in [-0.3, -0.25) is 0 Å². The molecule has 4 rings (SSSR count). The lowest BCUT2D eigenvalue weighted by molar-refractivity contribution is 0.203. The maximum Gasteiger partial charge on any atom is 0.317 e. The summed E-state index contributed by atoms with van der Waals surface area (Å²) >= 11 is 0. The molecule has 0 unspecified atom stereocenters. The minimum absolute atomic E-state index is 0.0966.